The molecule has 0 atom stereocenters. The van der Waals surface area contributed by atoms with E-state index in [1.807, 2.05) is 32.9 Å². The maximum atomic E-state index is 11.1. The Morgan fingerprint density at radius 1 is 1.56 bits per heavy atom. The van der Waals surface area contributed by atoms with Crippen LogP contribution in [0.2, 0.25) is 0 Å². The molecule has 0 unspecified atom stereocenters. The summed E-state index contributed by atoms with van der Waals surface area (Å²) in [6, 6.07) is 0. The molecule has 1 heterocycles. The Labute approximate surface area is 107 Å². The molecule has 100 valence electrons. The fraction of sp³-hybridized carbons (Fsp3) is 0.583. The van der Waals surface area contributed by atoms with Crippen molar-refractivity contribution in [3.05, 3.63) is 28.0 Å². The number of rotatable bonds is 6. The van der Waals surface area contributed by atoms with Gasteiger partial charge < -0.3 is 5.32 Å². The molecule has 0 aliphatic rings. The van der Waals surface area contributed by atoms with Crippen molar-refractivity contribution in [3.63, 3.8) is 0 Å². The topological polar surface area (TPSA) is 73.0 Å². The molecule has 18 heavy (non-hydrogen) atoms. The van der Waals surface area contributed by atoms with Gasteiger partial charge in [0.05, 0.1) is 4.92 Å². The zero-order valence-electron chi connectivity index (χ0n) is 11.3. The molecule has 1 aromatic heterocycles. The fourth-order valence-electron chi connectivity index (χ4n) is 1.74. The van der Waals surface area contributed by atoms with Gasteiger partial charge in [-0.3, -0.25) is 10.1 Å². The van der Waals surface area contributed by atoms with Crippen molar-refractivity contribution in [3.8, 4) is 0 Å². The van der Waals surface area contributed by atoms with Crippen LogP contribution in [0.5, 0.6) is 0 Å². The first-order valence-corrected chi connectivity index (χ1v) is 6.05. The van der Waals surface area contributed by atoms with E-state index < -0.39 is 0 Å². The molecule has 0 radical (unpaired) electrons. The molecule has 0 bridgehead atoms. The van der Waals surface area contributed by atoms with Gasteiger partial charge in [0.15, 0.2) is 0 Å². The summed E-state index contributed by atoms with van der Waals surface area (Å²) in [5.41, 5.74) is 0.615. The minimum atomic E-state index is -0.361. The molecule has 0 aliphatic heterocycles. The first kappa shape index (κ1) is 14.2. The second kappa shape index (κ2) is 6.18. The van der Waals surface area contributed by atoms with E-state index in [9.17, 15) is 10.1 Å². The third-order valence-corrected chi connectivity index (χ3v) is 2.62. The highest BCUT2D eigenvalue weighted by Gasteiger charge is 2.27. The lowest BCUT2D eigenvalue weighted by Gasteiger charge is -2.04. The standard InChI is InChI=1S/C12H20N4O2/c1-5-6-7-8-13-12-11(16(17)18)10(9(2)3)14-15(12)4/h5-6,9,13H,7-8H2,1-4H3/b6-5+. The summed E-state index contributed by atoms with van der Waals surface area (Å²) in [5.74, 6) is 0.510. The van der Waals surface area contributed by atoms with Crippen molar-refractivity contribution >= 4 is 11.5 Å². The first-order chi connectivity index (χ1) is 8.49. The highest BCUT2D eigenvalue weighted by molar-refractivity contribution is 5.60. The summed E-state index contributed by atoms with van der Waals surface area (Å²) < 4.78 is 1.54. The number of aromatic nitrogens is 2. The van der Waals surface area contributed by atoms with Gasteiger partial charge >= 0.3 is 5.69 Å². The minimum Gasteiger partial charge on any atom is -0.364 e. The first-order valence-electron chi connectivity index (χ1n) is 6.05. The smallest absolute Gasteiger partial charge is 0.334 e. The fourth-order valence-corrected chi connectivity index (χ4v) is 1.74. The van der Waals surface area contributed by atoms with Crippen molar-refractivity contribution < 1.29 is 4.92 Å². The molecule has 1 N–H and O–H groups in total. The van der Waals surface area contributed by atoms with Gasteiger partial charge in [0.1, 0.15) is 5.69 Å². The Morgan fingerprint density at radius 3 is 2.72 bits per heavy atom. The predicted octanol–water partition coefficient (Wildman–Crippen LogP) is 2.83. The van der Waals surface area contributed by atoms with E-state index >= 15 is 0 Å². The van der Waals surface area contributed by atoms with E-state index in [1.54, 1.807) is 11.7 Å². The number of nitrogens with zero attached hydrogens (tertiary/aromatic N) is 3. The Kier molecular flexibility index (Phi) is 4.88. The molecule has 6 nitrogen and oxygen atoms in total. The molecule has 0 saturated carbocycles. The van der Waals surface area contributed by atoms with E-state index in [1.165, 1.54) is 0 Å². The second-order valence-corrected chi connectivity index (χ2v) is 4.40. The van der Waals surface area contributed by atoms with Gasteiger partial charge in [-0.05, 0) is 13.3 Å². The van der Waals surface area contributed by atoms with Crippen LogP contribution in [0.1, 0.15) is 38.8 Å². The van der Waals surface area contributed by atoms with Crippen LogP contribution in [0.4, 0.5) is 11.5 Å². The highest BCUT2D eigenvalue weighted by Crippen LogP contribution is 2.32. The maximum Gasteiger partial charge on any atom is 0.334 e. The Morgan fingerprint density at radius 2 is 2.22 bits per heavy atom. The third-order valence-electron chi connectivity index (χ3n) is 2.62. The van der Waals surface area contributed by atoms with E-state index in [-0.39, 0.29) is 16.5 Å². The number of hydrogen-bond acceptors (Lipinski definition) is 4. The quantitative estimate of drug-likeness (QED) is 0.365. The van der Waals surface area contributed by atoms with Crippen molar-refractivity contribution in [1.82, 2.24) is 9.78 Å². The van der Waals surface area contributed by atoms with Crippen LogP contribution >= 0.6 is 0 Å². The zero-order chi connectivity index (χ0) is 13.7. The Bertz CT molecular complexity index is 449. The summed E-state index contributed by atoms with van der Waals surface area (Å²) >= 11 is 0. The van der Waals surface area contributed by atoms with Gasteiger partial charge in [0.25, 0.3) is 0 Å². The Balaban J connectivity index is 2.98. The molecule has 0 saturated heterocycles. The molecular weight excluding hydrogens is 232 g/mol. The van der Waals surface area contributed by atoms with Crippen LogP contribution in [0, 0.1) is 10.1 Å². The monoisotopic (exact) mass is 252 g/mol. The molecule has 0 amide bonds. The van der Waals surface area contributed by atoms with Crippen molar-refractivity contribution in [1.29, 1.82) is 0 Å². The van der Waals surface area contributed by atoms with Crippen LogP contribution in [-0.2, 0) is 7.05 Å². The molecule has 1 aromatic rings. The predicted molar refractivity (Wildman–Crippen MR) is 71.9 cm³/mol. The van der Waals surface area contributed by atoms with Gasteiger partial charge in [0.2, 0.25) is 5.82 Å². The van der Waals surface area contributed by atoms with E-state index in [0.29, 0.717) is 18.1 Å². The molecule has 0 aromatic carbocycles. The lowest BCUT2D eigenvalue weighted by molar-refractivity contribution is -0.384. The van der Waals surface area contributed by atoms with E-state index in [2.05, 4.69) is 10.4 Å². The van der Waals surface area contributed by atoms with E-state index in [0.717, 1.165) is 6.42 Å². The van der Waals surface area contributed by atoms with Crippen molar-refractivity contribution in [2.24, 2.45) is 7.05 Å². The van der Waals surface area contributed by atoms with Gasteiger partial charge in [0, 0.05) is 19.5 Å². The maximum absolute atomic E-state index is 11.1. The summed E-state index contributed by atoms with van der Waals surface area (Å²) in [7, 11) is 1.72. The van der Waals surface area contributed by atoms with Gasteiger partial charge in [-0.2, -0.15) is 5.10 Å². The normalized spacial score (nSPS) is 11.4. The van der Waals surface area contributed by atoms with Crippen LogP contribution in [-0.4, -0.2) is 21.2 Å². The molecular formula is C12H20N4O2. The Hall–Kier alpha value is -1.85. The number of anilines is 1. The summed E-state index contributed by atoms with van der Waals surface area (Å²) in [6.07, 6.45) is 4.80. The highest BCUT2D eigenvalue weighted by atomic mass is 16.6. The second-order valence-electron chi connectivity index (χ2n) is 4.40. The number of nitrogens with one attached hydrogen (secondary N) is 1. The SMILES string of the molecule is C/C=C/CCNc1c([N+](=O)[O-])c(C(C)C)nn1C. The molecule has 0 fully saturated rings. The van der Waals surface area contributed by atoms with Crippen molar-refractivity contribution in [2.45, 2.75) is 33.1 Å². The number of hydrogen-bond donors (Lipinski definition) is 1. The number of aryl methyl sites for hydroxylation is 1. The number of allylic oxidation sites excluding steroid dienone is 1. The van der Waals surface area contributed by atoms with Crippen LogP contribution in [0.15, 0.2) is 12.2 Å². The van der Waals surface area contributed by atoms with Crippen LogP contribution < -0.4 is 5.32 Å². The summed E-state index contributed by atoms with van der Waals surface area (Å²) in [6.45, 7) is 6.41. The minimum absolute atomic E-state index is 0.0303. The molecule has 1 rings (SSSR count). The molecule has 6 heteroatoms. The lowest BCUT2D eigenvalue weighted by atomic mass is 10.1. The molecule has 0 spiro atoms. The van der Waals surface area contributed by atoms with E-state index in [4.69, 9.17) is 0 Å². The number of nitro groups is 1. The third kappa shape index (κ3) is 3.09. The largest absolute Gasteiger partial charge is 0.364 e. The van der Waals surface area contributed by atoms with Crippen LogP contribution in [0.25, 0.3) is 0 Å². The average Bonchev–Trinajstić information content (AvgIpc) is 2.62. The van der Waals surface area contributed by atoms with Crippen LogP contribution in [0.3, 0.4) is 0 Å². The zero-order valence-corrected chi connectivity index (χ0v) is 11.3. The van der Waals surface area contributed by atoms with Gasteiger partial charge in [-0.1, -0.05) is 26.0 Å². The molecule has 0 aliphatic carbocycles. The van der Waals surface area contributed by atoms with Crippen molar-refractivity contribution in [2.75, 3.05) is 11.9 Å². The van der Waals surface area contributed by atoms with Gasteiger partial charge in [-0.25, -0.2) is 4.68 Å². The average molecular weight is 252 g/mol. The lowest BCUT2D eigenvalue weighted by Crippen LogP contribution is -2.07. The van der Waals surface area contributed by atoms with Gasteiger partial charge in [-0.15, -0.1) is 0 Å². The summed E-state index contributed by atoms with van der Waals surface area (Å²) in [5, 5.41) is 18.5. The summed E-state index contributed by atoms with van der Waals surface area (Å²) in [4.78, 5) is 10.8.